The lowest BCUT2D eigenvalue weighted by Gasteiger charge is -2.10. The molecular weight excluding hydrogens is 415 g/mol. The normalized spacial score (nSPS) is 10.8. The van der Waals surface area contributed by atoms with Crippen molar-refractivity contribution in [1.82, 2.24) is 19.2 Å². The summed E-state index contributed by atoms with van der Waals surface area (Å²) in [5.41, 5.74) is 2.57. The molecule has 5 nitrogen and oxygen atoms in total. The second kappa shape index (κ2) is 8.39. The number of halogens is 2. The van der Waals surface area contributed by atoms with Crippen molar-refractivity contribution in [2.45, 2.75) is 25.3 Å². The summed E-state index contributed by atoms with van der Waals surface area (Å²) in [7, 11) is 0. The van der Waals surface area contributed by atoms with Crippen LogP contribution in [0.3, 0.4) is 0 Å². The summed E-state index contributed by atoms with van der Waals surface area (Å²) in [4.78, 5) is 12.9. The highest BCUT2D eigenvalue weighted by Gasteiger charge is 2.14. The number of nitrogens with zero attached hydrogens (tertiary/aromatic N) is 4. The van der Waals surface area contributed by atoms with E-state index in [9.17, 15) is 4.79 Å². The van der Waals surface area contributed by atoms with Crippen molar-refractivity contribution < 1.29 is 0 Å². The average Bonchev–Trinajstić information content (AvgIpc) is 3.08. The smallest absolute Gasteiger partial charge is 0.279 e. The van der Waals surface area contributed by atoms with Crippen LogP contribution in [0.2, 0.25) is 10.0 Å². The third kappa shape index (κ3) is 3.68. The molecule has 0 atom stereocenters. The molecule has 144 valence electrons. The molecule has 0 aliphatic heterocycles. The van der Waals surface area contributed by atoms with E-state index in [-0.39, 0.29) is 18.6 Å². The van der Waals surface area contributed by atoms with Crippen molar-refractivity contribution in [3.63, 3.8) is 0 Å². The van der Waals surface area contributed by atoms with Crippen LogP contribution >= 0.6 is 35.0 Å². The van der Waals surface area contributed by atoms with Crippen LogP contribution in [0.15, 0.2) is 64.8 Å². The van der Waals surface area contributed by atoms with E-state index in [1.54, 1.807) is 22.9 Å². The van der Waals surface area contributed by atoms with Gasteiger partial charge in [0.25, 0.3) is 0 Å². The largest absolute Gasteiger partial charge is 0.300 e. The molecule has 2 aromatic heterocycles. The molecule has 0 N–H and O–H groups in total. The minimum atomic E-state index is -0.250. The third-order valence-electron chi connectivity index (χ3n) is 4.25. The summed E-state index contributed by atoms with van der Waals surface area (Å²) in [6, 6.07) is 13.1. The van der Waals surface area contributed by atoms with Gasteiger partial charge >= 0.3 is 5.56 Å². The maximum absolute atomic E-state index is 12.9. The number of fused-ring (bicyclic) bond motifs is 1. The van der Waals surface area contributed by atoms with Crippen LogP contribution in [-0.4, -0.2) is 19.2 Å². The number of hydrogen-bond acceptors (Lipinski definition) is 4. The summed E-state index contributed by atoms with van der Waals surface area (Å²) in [6.07, 6.45) is 3.49. The maximum atomic E-state index is 12.9. The van der Waals surface area contributed by atoms with Gasteiger partial charge in [0.15, 0.2) is 5.16 Å². The number of thioether (sulfide) groups is 1. The third-order valence-corrected chi connectivity index (χ3v) is 6.02. The predicted molar refractivity (Wildman–Crippen MR) is 116 cm³/mol. The van der Waals surface area contributed by atoms with E-state index >= 15 is 0 Å². The second-order valence-corrected chi connectivity index (χ2v) is 7.67. The van der Waals surface area contributed by atoms with E-state index in [0.717, 1.165) is 16.8 Å². The molecule has 0 bridgehead atoms. The molecule has 0 aliphatic carbocycles. The Morgan fingerprint density at radius 1 is 1.00 bits per heavy atom. The van der Waals surface area contributed by atoms with Gasteiger partial charge < -0.3 is 0 Å². The topological polar surface area (TPSA) is 52.2 Å². The van der Waals surface area contributed by atoms with Crippen LogP contribution in [0.25, 0.3) is 11.3 Å². The first kappa shape index (κ1) is 20.5. The lowest BCUT2D eigenvalue weighted by atomic mass is 10.2. The fourth-order valence-corrected chi connectivity index (χ4v) is 4.14. The molecular formula is C20H18Cl2N4OS. The number of hydrogen-bond donors (Lipinski definition) is 0. The first-order valence-electron chi connectivity index (χ1n) is 8.14. The van der Waals surface area contributed by atoms with Gasteiger partial charge in [-0.2, -0.15) is 0 Å². The fourth-order valence-electron chi connectivity index (χ4n) is 2.77. The van der Waals surface area contributed by atoms with Crippen LogP contribution in [0, 0.1) is 6.92 Å². The molecule has 4 aromatic rings. The summed E-state index contributed by atoms with van der Waals surface area (Å²) in [6.45, 7) is 1.88. The molecule has 0 saturated heterocycles. The zero-order chi connectivity index (χ0) is 19.0. The number of aromatic nitrogens is 4. The Hall–Kier alpha value is -2.28. The Kier molecular flexibility index (Phi) is 6.13. The standard InChI is InChI=1S/C19H14Cl2N4OS.CH4/c1-12-14(20)7-4-8-16(12)24-9-10-25-17(18(24)26)22-23-19(25)27-11-13-5-2-3-6-15(13)21;/h2-10H,11H2,1H3;1H4. The highest BCUT2D eigenvalue weighted by atomic mass is 35.5. The Labute approximate surface area is 176 Å². The molecule has 0 saturated carbocycles. The molecule has 0 aliphatic rings. The van der Waals surface area contributed by atoms with E-state index in [4.69, 9.17) is 23.2 Å². The van der Waals surface area contributed by atoms with Crippen molar-refractivity contribution in [3.8, 4) is 5.69 Å². The van der Waals surface area contributed by atoms with Gasteiger partial charge in [0.1, 0.15) is 0 Å². The van der Waals surface area contributed by atoms with Gasteiger partial charge in [0.05, 0.1) is 5.69 Å². The van der Waals surface area contributed by atoms with Crippen LogP contribution in [0.4, 0.5) is 0 Å². The molecule has 0 radical (unpaired) electrons. The minimum Gasteiger partial charge on any atom is -0.279 e. The van der Waals surface area contributed by atoms with Gasteiger partial charge in [-0.3, -0.25) is 13.8 Å². The van der Waals surface area contributed by atoms with Crippen LogP contribution in [0.5, 0.6) is 0 Å². The van der Waals surface area contributed by atoms with Crippen LogP contribution < -0.4 is 5.56 Å². The van der Waals surface area contributed by atoms with E-state index in [2.05, 4.69) is 10.2 Å². The predicted octanol–water partition coefficient (Wildman–Crippen LogP) is 5.42. The van der Waals surface area contributed by atoms with Gasteiger partial charge in [-0.15, -0.1) is 10.2 Å². The van der Waals surface area contributed by atoms with Crippen molar-refractivity contribution in [2.75, 3.05) is 0 Å². The Balaban J connectivity index is 0.00000225. The maximum Gasteiger partial charge on any atom is 0.300 e. The SMILES string of the molecule is C.Cc1c(Cl)cccc1-n1ccn2c(SCc3ccccc3Cl)nnc2c1=O. The van der Waals surface area contributed by atoms with Gasteiger partial charge in [-0.05, 0) is 36.2 Å². The molecule has 0 amide bonds. The Morgan fingerprint density at radius 3 is 2.54 bits per heavy atom. The number of rotatable bonds is 4. The Bertz CT molecular complexity index is 1200. The average molecular weight is 433 g/mol. The van der Waals surface area contributed by atoms with Crippen molar-refractivity contribution in [3.05, 3.63) is 86.4 Å². The van der Waals surface area contributed by atoms with E-state index in [1.807, 2.05) is 43.3 Å². The first-order valence-corrected chi connectivity index (χ1v) is 9.88. The van der Waals surface area contributed by atoms with Crippen molar-refractivity contribution >= 4 is 40.6 Å². The summed E-state index contributed by atoms with van der Waals surface area (Å²) < 4.78 is 3.23. The molecule has 8 heteroatoms. The highest BCUT2D eigenvalue weighted by molar-refractivity contribution is 7.98. The van der Waals surface area contributed by atoms with E-state index in [1.165, 1.54) is 16.3 Å². The highest BCUT2D eigenvalue weighted by Crippen LogP contribution is 2.26. The van der Waals surface area contributed by atoms with E-state index in [0.29, 0.717) is 21.0 Å². The minimum absolute atomic E-state index is 0. The van der Waals surface area contributed by atoms with E-state index < -0.39 is 0 Å². The lowest BCUT2D eigenvalue weighted by Crippen LogP contribution is -2.21. The molecule has 0 unspecified atom stereocenters. The van der Waals surface area contributed by atoms with Gasteiger partial charge in [-0.25, -0.2) is 0 Å². The molecule has 2 heterocycles. The van der Waals surface area contributed by atoms with Crippen LogP contribution in [0.1, 0.15) is 18.6 Å². The molecule has 0 spiro atoms. The molecule has 0 fully saturated rings. The zero-order valence-corrected chi connectivity index (χ0v) is 16.6. The Morgan fingerprint density at radius 2 is 1.75 bits per heavy atom. The van der Waals surface area contributed by atoms with Gasteiger partial charge in [0, 0.05) is 28.2 Å². The monoisotopic (exact) mass is 432 g/mol. The summed E-state index contributed by atoms with van der Waals surface area (Å²) in [5, 5.41) is 10.2. The number of benzene rings is 2. The summed E-state index contributed by atoms with van der Waals surface area (Å²) in [5.74, 6) is 0.636. The molecule has 4 rings (SSSR count). The first-order chi connectivity index (χ1) is 13.1. The quantitative estimate of drug-likeness (QED) is 0.403. The molecule has 28 heavy (non-hydrogen) atoms. The molecule has 2 aromatic carbocycles. The van der Waals surface area contributed by atoms with Crippen molar-refractivity contribution in [2.24, 2.45) is 0 Å². The van der Waals surface area contributed by atoms with Gasteiger partial charge in [0.2, 0.25) is 5.65 Å². The zero-order valence-electron chi connectivity index (χ0n) is 14.3. The lowest BCUT2D eigenvalue weighted by molar-refractivity contribution is 0.890. The fraction of sp³-hybridized carbons (Fsp3) is 0.150. The second-order valence-electron chi connectivity index (χ2n) is 5.91. The van der Waals surface area contributed by atoms with Crippen molar-refractivity contribution in [1.29, 1.82) is 0 Å². The summed E-state index contributed by atoms with van der Waals surface area (Å²) >= 11 is 13.9. The van der Waals surface area contributed by atoms with Crippen LogP contribution in [-0.2, 0) is 5.75 Å². The van der Waals surface area contributed by atoms with Gasteiger partial charge in [-0.1, -0.05) is 66.7 Å².